The van der Waals surface area contributed by atoms with E-state index in [1.807, 2.05) is 25.2 Å². The van der Waals surface area contributed by atoms with Crippen LogP contribution in [-0.2, 0) is 4.74 Å². The summed E-state index contributed by atoms with van der Waals surface area (Å²) in [7, 11) is 0. The first-order valence-electron chi connectivity index (χ1n) is 3.93. The lowest BCUT2D eigenvalue weighted by Gasteiger charge is -2.02. The average Bonchev–Trinajstić information content (AvgIpc) is 2.05. The van der Waals surface area contributed by atoms with Crippen LogP contribution in [0.1, 0.15) is 20.3 Å². The van der Waals surface area contributed by atoms with Crippen LogP contribution < -0.4 is 0 Å². The van der Waals surface area contributed by atoms with Crippen LogP contribution in [0.4, 0.5) is 0 Å². The van der Waals surface area contributed by atoms with Gasteiger partial charge in [0.15, 0.2) is 0 Å². The van der Waals surface area contributed by atoms with Crippen LogP contribution >= 0.6 is 0 Å². The number of allylic oxidation sites excluding steroid dienone is 4. The molecular weight excluding hydrogens is 136 g/mol. The summed E-state index contributed by atoms with van der Waals surface area (Å²) >= 11 is 0. The fourth-order valence-corrected chi connectivity index (χ4v) is 0.586. The van der Waals surface area contributed by atoms with Gasteiger partial charge in [0, 0.05) is 0 Å². The summed E-state index contributed by atoms with van der Waals surface area (Å²) in [6.45, 7) is 8.45. The van der Waals surface area contributed by atoms with Crippen LogP contribution in [0.15, 0.2) is 36.6 Å². The van der Waals surface area contributed by atoms with E-state index in [0.717, 1.165) is 18.8 Å². The van der Waals surface area contributed by atoms with Crippen LogP contribution in [0, 0.1) is 0 Å². The summed E-state index contributed by atoms with van der Waals surface area (Å²) in [5.74, 6) is 0.838. The predicted molar refractivity (Wildman–Crippen MR) is 49.3 cm³/mol. The second-order valence-corrected chi connectivity index (χ2v) is 2.15. The largest absolute Gasteiger partial charge is 0.494 e. The second-order valence-electron chi connectivity index (χ2n) is 2.15. The van der Waals surface area contributed by atoms with Crippen molar-refractivity contribution in [2.75, 3.05) is 6.61 Å². The molecule has 0 aliphatic heterocycles. The molecule has 0 N–H and O–H groups in total. The maximum absolute atomic E-state index is 5.33. The molecule has 0 heterocycles. The molecule has 0 unspecified atom stereocenters. The van der Waals surface area contributed by atoms with Crippen molar-refractivity contribution in [3.05, 3.63) is 36.6 Å². The molecule has 0 aliphatic rings. The fourth-order valence-electron chi connectivity index (χ4n) is 0.586. The Morgan fingerprint density at radius 2 is 2.27 bits per heavy atom. The van der Waals surface area contributed by atoms with Crippen LogP contribution in [0.25, 0.3) is 0 Å². The van der Waals surface area contributed by atoms with Crippen LogP contribution in [0.2, 0.25) is 0 Å². The first kappa shape index (κ1) is 10.0. The normalized spacial score (nSPS) is 12.0. The lowest BCUT2D eigenvalue weighted by atomic mass is 10.4. The van der Waals surface area contributed by atoms with Gasteiger partial charge in [0.2, 0.25) is 0 Å². The highest BCUT2D eigenvalue weighted by molar-refractivity contribution is 5.15. The Morgan fingerprint density at radius 1 is 1.55 bits per heavy atom. The van der Waals surface area contributed by atoms with E-state index in [0.29, 0.717) is 0 Å². The molecule has 0 aromatic heterocycles. The Labute approximate surface area is 69.1 Å². The highest BCUT2D eigenvalue weighted by atomic mass is 16.5. The van der Waals surface area contributed by atoms with Crippen molar-refractivity contribution in [1.29, 1.82) is 0 Å². The Morgan fingerprint density at radius 3 is 2.73 bits per heavy atom. The van der Waals surface area contributed by atoms with Gasteiger partial charge < -0.3 is 4.74 Å². The van der Waals surface area contributed by atoms with Gasteiger partial charge in [-0.1, -0.05) is 25.7 Å². The molecule has 0 aromatic rings. The zero-order chi connectivity index (χ0) is 8.53. The van der Waals surface area contributed by atoms with Gasteiger partial charge in [-0.25, -0.2) is 0 Å². The highest BCUT2D eigenvalue weighted by Gasteiger charge is 1.86. The van der Waals surface area contributed by atoms with Gasteiger partial charge in [0.1, 0.15) is 5.76 Å². The van der Waals surface area contributed by atoms with E-state index >= 15 is 0 Å². The van der Waals surface area contributed by atoms with E-state index in [2.05, 4.69) is 13.5 Å². The van der Waals surface area contributed by atoms with Gasteiger partial charge in [-0.2, -0.15) is 0 Å². The molecule has 0 aromatic carbocycles. The maximum Gasteiger partial charge on any atom is 0.118 e. The van der Waals surface area contributed by atoms with Crippen molar-refractivity contribution >= 4 is 0 Å². The van der Waals surface area contributed by atoms with Crippen molar-refractivity contribution in [2.24, 2.45) is 0 Å². The molecule has 0 fully saturated rings. The van der Waals surface area contributed by atoms with Gasteiger partial charge in [-0.3, -0.25) is 0 Å². The third kappa shape index (κ3) is 5.46. The number of ether oxygens (including phenoxy) is 1. The standard InChI is InChI=1S/C10H16O/c1-4-7-8-10(6-3)11-9-5-2/h4,6-8H,3,5,9H2,1-2H3/b7-4+,10-8+. The van der Waals surface area contributed by atoms with Crippen molar-refractivity contribution in [3.8, 4) is 0 Å². The zero-order valence-electron chi connectivity index (χ0n) is 7.34. The monoisotopic (exact) mass is 152 g/mol. The summed E-state index contributed by atoms with van der Waals surface area (Å²) in [6, 6.07) is 0. The third-order valence-corrected chi connectivity index (χ3v) is 1.13. The van der Waals surface area contributed by atoms with Crippen LogP contribution in [0.3, 0.4) is 0 Å². The minimum atomic E-state index is 0.759. The molecule has 1 heteroatoms. The van der Waals surface area contributed by atoms with Gasteiger partial charge in [-0.15, -0.1) is 0 Å². The topological polar surface area (TPSA) is 9.23 Å². The summed E-state index contributed by atoms with van der Waals surface area (Å²) < 4.78 is 5.33. The van der Waals surface area contributed by atoms with E-state index < -0.39 is 0 Å². The lowest BCUT2D eigenvalue weighted by molar-refractivity contribution is 0.225. The molecule has 11 heavy (non-hydrogen) atoms. The number of hydrogen-bond donors (Lipinski definition) is 0. The summed E-state index contributed by atoms with van der Waals surface area (Å²) in [4.78, 5) is 0. The molecule has 0 spiro atoms. The SMILES string of the molecule is C=C/C(=C\C=C\C)OCCC. The van der Waals surface area contributed by atoms with Gasteiger partial charge in [-0.05, 0) is 25.5 Å². The number of hydrogen-bond acceptors (Lipinski definition) is 1. The Kier molecular flexibility index (Phi) is 6.50. The number of rotatable bonds is 5. The molecular formula is C10H16O. The molecule has 0 saturated heterocycles. The zero-order valence-corrected chi connectivity index (χ0v) is 7.34. The molecule has 0 radical (unpaired) electrons. The minimum Gasteiger partial charge on any atom is -0.494 e. The quantitative estimate of drug-likeness (QED) is 0.434. The van der Waals surface area contributed by atoms with Gasteiger partial charge in [0.05, 0.1) is 6.61 Å². The van der Waals surface area contributed by atoms with Crippen molar-refractivity contribution in [3.63, 3.8) is 0 Å². The van der Waals surface area contributed by atoms with E-state index in [4.69, 9.17) is 4.74 Å². The maximum atomic E-state index is 5.33. The second kappa shape index (κ2) is 7.13. The van der Waals surface area contributed by atoms with E-state index in [9.17, 15) is 0 Å². The molecule has 0 aliphatic carbocycles. The highest BCUT2D eigenvalue weighted by Crippen LogP contribution is 1.99. The molecule has 0 atom stereocenters. The van der Waals surface area contributed by atoms with Crippen molar-refractivity contribution in [1.82, 2.24) is 0 Å². The Hall–Kier alpha value is -0.980. The minimum absolute atomic E-state index is 0.759. The Bertz CT molecular complexity index is 154. The average molecular weight is 152 g/mol. The fraction of sp³-hybridized carbons (Fsp3) is 0.400. The van der Waals surface area contributed by atoms with E-state index in [1.165, 1.54) is 0 Å². The molecule has 0 saturated carbocycles. The first-order valence-corrected chi connectivity index (χ1v) is 3.93. The van der Waals surface area contributed by atoms with Crippen LogP contribution in [-0.4, -0.2) is 6.61 Å². The first-order chi connectivity index (χ1) is 5.35. The predicted octanol–water partition coefficient (Wildman–Crippen LogP) is 3.06. The molecule has 62 valence electrons. The smallest absolute Gasteiger partial charge is 0.118 e. The third-order valence-electron chi connectivity index (χ3n) is 1.13. The van der Waals surface area contributed by atoms with Crippen molar-refractivity contribution < 1.29 is 4.74 Å². The Balaban J connectivity index is 3.83. The van der Waals surface area contributed by atoms with Gasteiger partial charge in [0.25, 0.3) is 0 Å². The molecule has 0 rings (SSSR count). The molecule has 0 amide bonds. The van der Waals surface area contributed by atoms with E-state index in [1.54, 1.807) is 6.08 Å². The summed E-state index contributed by atoms with van der Waals surface area (Å²) in [6.07, 6.45) is 8.55. The lowest BCUT2D eigenvalue weighted by Crippen LogP contribution is -1.89. The summed E-state index contributed by atoms with van der Waals surface area (Å²) in [5.41, 5.74) is 0. The summed E-state index contributed by atoms with van der Waals surface area (Å²) in [5, 5.41) is 0. The van der Waals surface area contributed by atoms with Crippen LogP contribution in [0.5, 0.6) is 0 Å². The van der Waals surface area contributed by atoms with E-state index in [-0.39, 0.29) is 0 Å². The van der Waals surface area contributed by atoms with Gasteiger partial charge >= 0.3 is 0 Å². The van der Waals surface area contributed by atoms with Crippen molar-refractivity contribution in [2.45, 2.75) is 20.3 Å². The molecule has 0 bridgehead atoms. The molecule has 1 nitrogen and oxygen atoms in total.